The van der Waals surface area contributed by atoms with E-state index in [1.165, 1.54) is 4.90 Å². The number of rotatable bonds is 3. The number of likely N-dealkylation sites (tertiary alicyclic amines) is 2. The van der Waals surface area contributed by atoms with Crippen molar-refractivity contribution in [2.75, 3.05) is 13.1 Å². The van der Waals surface area contributed by atoms with E-state index in [4.69, 9.17) is 5.73 Å². The first-order valence-corrected chi connectivity index (χ1v) is 7.87. The molecule has 0 saturated carbocycles. The van der Waals surface area contributed by atoms with Crippen molar-refractivity contribution in [2.45, 2.75) is 44.1 Å². The maximum atomic E-state index is 13.8. The first-order valence-electron chi connectivity index (χ1n) is 7.87. The molecule has 5 nitrogen and oxygen atoms in total. The first kappa shape index (κ1) is 17.2. The molecule has 1 amide bonds. The summed E-state index contributed by atoms with van der Waals surface area (Å²) in [4.78, 5) is 15.3. The van der Waals surface area contributed by atoms with Gasteiger partial charge in [0.1, 0.15) is 29.2 Å². The van der Waals surface area contributed by atoms with Gasteiger partial charge in [0.25, 0.3) is 5.91 Å². The van der Waals surface area contributed by atoms with Crippen LogP contribution in [-0.2, 0) is 11.3 Å². The van der Waals surface area contributed by atoms with Crippen LogP contribution in [0.5, 0.6) is 0 Å². The van der Waals surface area contributed by atoms with Gasteiger partial charge in [-0.2, -0.15) is 0 Å². The molecular weight excluding hydrogens is 323 g/mol. The molecule has 2 saturated heterocycles. The number of carbonyl (C=O) groups excluding carboxylic acids is 1. The van der Waals surface area contributed by atoms with E-state index in [9.17, 15) is 23.1 Å². The van der Waals surface area contributed by atoms with Gasteiger partial charge in [0, 0.05) is 49.8 Å². The summed E-state index contributed by atoms with van der Waals surface area (Å²) in [6, 6.07) is 1.09. The van der Waals surface area contributed by atoms with Gasteiger partial charge in [-0.05, 0) is 13.3 Å². The molecular formula is C16H20F3N3O2. The number of hydrogen-bond donors (Lipinski definition) is 2. The number of halogens is 3. The Labute approximate surface area is 137 Å². The Hall–Kier alpha value is -1.64. The van der Waals surface area contributed by atoms with Gasteiger partial charge >= 0.3 is 0 Å². The zero-order chi connectivity index (χ0) is 17.6. The largest absolute Gasteiger partial charge is 0.383 e. The lowest BCUT2D eigenvalue weighted by atomic mass is 10.1. The molecule has 8 heteroatoms. The number of carbonyl (C=O) groups is 1. The topological polar surface area (TPSA) is 69.8 Å². The fourth-order valence-corrected chi connectivity index (χ4v) is 3.74. The molecule has 3 atom stereocenters. The Kier molecular flexibility index (Phi) is 4.31. The highest BCUT2D eigenvalue weighted by Gasteiger charge is 2.49. The Balaban J connectivity index is 1.75. The molecule has 2 aliphatic heterocycles. The van der Waals surface area contributed by atoms with Crippen LogP contribution in [0.4, 0.5) is 13.2 Å². The van der Waals surface area contributed by atoms with Crippen LogP contribution < -0.4 is 5.73 Å². The second-order valence-corrected chi connectivity index (χ2v) is 6.72. The lowest BCUT2D eigenvalue weighted by molar-refractivity contribution is -0.140. The van der Waals surface area contributed by atoms with Crippen LogP contribution in [0.1, 0.15) is 25.3 Å². The molecule has 3 rings (SSSR count). The average Bonchev–Trinajstić information content (AvgIpc) is 2.96. The Morgan fingerprint density at radius 3 is 2.50 bits per heavy atom. The SMILES string of the molecule is CC1CC(O)C(=O)N1C1(N)CCN(Cc2c(F)cc(F)cc2F)C1. The maximum Gasteiger partial charge on any atom is 0.253 e. The fourth-order valence-electron chi connectivity index (χ4n) is 3.74. The zero-order valence-corrected chi connectivity index (χ0v) is 13.3. The summed E-state index contributed by atoms with van der Waals surface area (Å²) in [5.74, 6) is -3.26. The second kappa shape index (κ2) is 6.02. The Morgan fingerprint density at radius 1 is 1.33 bits per heavy atom. The minimum absolute atomic E-state index is 0.0597. The van der Waals surface area contributed by atoms with E-state index in [2.05, 4.69) is 0 Å². The van der Waals surface area contributed by atoms with E-state index in [1.54, 1.807) is 4.90 Å². The molecule has 0 aromatic heterocycles. The molecule has 0 radical (unpaired) electrons. The van der Waals surface area contributed by atoms with Crippen molar-refractivity contribution >= 4 is 5.91 Å². The molecule has 3 N–H and O–H groups in total. The number of hydrogen-bond acceptors (Lipinski definition) is 4. The van der Waals surface area contributed by atoms with Crippen LogP contribution >= 0.6 is 0 Å². The van der Waals surface area contributed by atoms with Crippen molar-refractivity contribution in [2.24, 2.45) is 5.73 Å². The molecule has 0 aliphatic carbocycles. The average molecular weight is 343 g/mol. The van der Waals surface area contributed by atoms with E-state index in [0.717, 1.165) is 0 Å². The number of aliphatic hydroxyl groups is 1. The summed E-state index contributed by atoms with van der Waals surface area (Å²) in [5.41, 5.74) is 5.15. The number of nitrogens with zero attached hydrogens (tertiary/aromatic N) is 2. The quantitative estimate of drug-likeness (QED) is 0.857. The smallest absolute Gasteiger partial charge is 0.253 e. The number of aliphatic hydroxyl groups excluding tert-OH is 1. The predicted octanol–water partition coefficient (Wildman–Crippen LogP) is 0.946. The van der Waals surface area contributed by atoms with Gasteiger partial charge in [-0.3, -0.25) is 9.69 Å². The predicted molar refractivity (Wildman–Crippen MR) is 80.1 cm³/mol. The highest BCUT2D eigenvalue weighted by Crippen LogP contribution is 2.32. The van der Waals surface area contributed by atoms with Crippen LogP contribution in [0.3, 0.4) is 0 Å². The number of amides is 1. The molecule has 2 heterocycles. The van der Waals surface area contributed by atoms with Gasteiger partial charge in [-0.1, -0.05) is 0 Å². The third kappa shape index (κ3) is 2.89. The van der Waals surface area contributed by atoms with Crippen molar-refractivity contribution in [1.29, 1.82) is 0 Å². The third-order valence-corrected chi connectivity index (χ3v) is 4.85. The second-order valence-electron chi connectivity index (χ2n) is 6.72. The lowest BCUT2D eigenvalue weighted by Gasteiger charge is -2.38. The van der Waals surface area contributed by atoms with Crippen molar-refractivity contribution < 1.29 is 23.1 Å². The van der Waals surface area contributed by atoms with Gasteiger partial charge in [0.15, 0.2) is 0 Å². The summed E-state index contributed by atoms with van der Waals surface area (Å²) in [6.07, 6.45) is -0.305. The molecule has 1 aromatic rings. The van der Waals surface area contributed by atoms with Gasteiger partial charge in [0.05, 0.1) is 0 Å². The van der Waals surface area contributed by atoms with Crippen LogP contribution in [0, 0.1) is 17.5 Å². The van der Waals surface area contributed by atoms with E-state index in [1.807, 2.05) is 6.92 Å². The van der Waals surface area contributed by atoms with Crippen molar-refractivity contribution in [3.63, 3.8) is 0 Å². The van der Waals surface area contributed by atoms with Crippen LogP contribution in [0.2, 0.25) is 0 Å². The number of nitrogens with two attached hydrogens (primary N) is 1. The van der Waals surface area contributed by atoms with E-state index in [-0.39, 0.29) is 24.7 Å². The maximum absolute atomic E-state index is 13.8. The minimum atomic E-state index is -1.05. The summed E-state index contributed by atoms with van der Waals surface area (Å²) in [5, 5.41) is 9.72. The Bertz CT molecular complexity index is 649. The normalized spacial score (nSPS) is 31.2. The van der Waals surface area contributed by atoms with E-state index >= 15 is 0 Å². The highest BCUT2D eigenvalue weighted by molar-refractivity contribution is 5.84. The van der Waals surface area contributed by atoms with Crippen molar-refractivity contribution in [3.05, 3.63) is 35.1 Å². The standard InChI is InChI=1S/C16H20F3N3O2/c1-9-4-14(23)15(24)22(9)16(20)2-3-21(8-16)7-11-12(18)5-10(17)6-13(11)19/h5-6,9,14,23H,2-4,7-8,20H2,1H3. The zero-order valence-electron chi connectivity index (χ0n) is 13.3. The first-order chi connectivity index (χ1) is 11.2. The van der Waals surface area contributed by atoms with Crippen LogP contribution in [0.25, 0.3) is 0 Å². The molecule has 1 aromatic carbocycles. The van der Waals surface area contributed by atoms with Crippen LogP contribution in [0.15, 0.2) is 12.1 Å². The van der Waals surface area contributed by atoms with E-state index < -0.39 is 35.1 Å². The van der Waals surface area contributed by atoms with Gasteiger partial charge in [-0.15, -0.1) is 0 Å². The van der Waals surface area contributed by atoms with Crippen molar-refractivity contribution in [1.82, 2.24) is 9.80 Å². The van der Waals surface area contributed by atoms with Crippen LogP contribution in [-0.4, -0.2) is 51.7 Å². The fraction of sp³-hybridized carbons (Fsp3) is 0.562. The monoisotopic (exact) mass is 343 g/mol. The molecule has 24 heavy (non-hydrogen) atoms. The summed E-state index contributed by atoms with van der Waals surface area (Å²) in [6.45, 7) is 2.42. The van der Waals surface area contributed by atoms with Gasteiger partial charge in [0.2, 0.25) is 0 Å². The Morgan fingerprint density at radius 2 is 1.96 bits per heavy atom. The molecule has 0 spiro atoms. The van der Waals surface area contributed by atoms with Crippen molar-refractivity contribution in [3.8, 4) is 0 Å². The molecule has 3 unspecified atom stereocenters. The molecule has 0 bridgehead atoms. The van der Waals surface area contributed by atoms with Gasteiger partial charge < -0.3 is 15.7 Å². The summed E-state index contributed by atoms with van der Waals surface area (Å²) < 4.78 is 40.6. The van der Waals surface area contributed by atoms with Gasteiger partial charge in [-0.25, -0.2) is 13.2 Å². The lowest BCUT2D eigenvalue weighted by Crippen LogP contribution is -2.60. The molecule has 2 fully saturated rings. The minimum Gasteiger partial charge on any atom is -0.383 e. The number of benzene rings is 1. The summed E-state index contributed by atoms with van der Waals surface area (Å²) in [7, 11) is 0. The highest BCUT2D eigenvalue weighted by atomic mass is 19.1. The third-order valence-electron chi connectivity index (χ3n) is 4.85. The molecule has 132 valence electrons. The van der Waals surface area contributed by atoms with E-state index in [0.29, 0.717) is 31.5 Å². The summed E-state index contributed by atoms with van der Waals surface area (Å²) >= 11 is 0. The molecule has 2 aliphatic rings.